The van der Waals surface area contributed by atoms with E-state index in [2.05, 4.69) is 26.0 Å². The van der Waals surface area contributed by atoms with Crippen LogP contribution < -0.4 is 5.73 Å². The SMILES string of the molecule is CC(C)CCOC(CCN)c1ccccc1. The summed E-state index contributed by atoms with van der Waals surface area (Å²) in [6, 6.07) is 10.3. The van der Waals surface area contributed by atoms with E-state index in [0.29, 0.717) is 12.5 Å². The molecular weight excluding hydrogens is 198 g/mol. The fourth-order valence-corrected chi connectivity index (χ4v) is 1.61. The summed E-state index contributed by atoms with van der Waals surface area (Å²) in [4.78, 5) is 0. The molecule has 0 amide bonds. The number of rotatable bonds is 7. The van der Waals surface area contributed by atoms with Crippen LogP contribution in [0.2, 0.25) is 0 Å². The van der Waals surface area contributed by atoms with Gasteiger partial charge in [0.05, 0.1) is 6.10 Å². The molecule has 1 unspecified atom stereocenters. The van der Waals surface area contributed by atoms with Gasteiger partial charge in [-0.25, -0.2) is 0 Å². The van der Waals surface area contributed by atoms with Gasteiger partial charge < -0.3 is 10.5 Å². The van der Waals surface area contributed by atoms with Crippen molar-refractivity contribution in [3.8, 4) is 0 Å². The lowest BCUT2D eigenvalue weighted by atomic mass is 10.1. The first-order chi connectivity index (χ1) is 7.74. The molecule has 0 heterocycles. The van der Waals surface area contributed by atoms with E-state index in [4.69, 9.17) is 10.5 Å². The summed E-state index contributed by atoms with van der Waals surface area (Å²) >= 11 is 0. The van der Waals surface area contributed by atoms with Gasteiger partial charge in [-0.1, -0.05) is 44.2 Å². The van der Waals surface area contributed by atoms with Crippen molar-refractivity contribution in [1.29, 1.82) is 0 Å². The van der Waals surface area contributed by atoms with Crippen LogP contribution in [0.3, 0.4) is 0 Å². The van der Waals surface area contributed by atoms with E-state index in [-0.39, 0.29) is 6.10 Å². The Hall–Kier alpha value is -0.860. The monoisotopic (exact) mass is 221 g/mol. The molecule has 2 heteroatoms. The van der Waals surface area contributed by atoms with E-state index >= 15 is 0 Å². The topological polar surface area (TPSA) is 35.2 Å². The Labute approximate surface area is 98.8 Å². The highest BCUT2D eigenvalue weighted by Crippen LogP contribution is 2.20. The zero-order valence-corrected chi connectivity index (χ0v) is 10.4. The molecule has 2 N–H and O–H groups in total. The molecule has 90 valence electrons. The van der Waals surface area contributed by atoms with Crippen molar-refractivity contribution in [2.45, 2.75) is 32.8 Å². The molecule has 0 aliphatic carbocycles. The maximum absolute atomic E-state index is 5.90. The predicted molar refractivity (Wildman–Crippen MR) is 68.3 cm³/mol. The van der Waals surface area contributed by atoms with E-state index in [1.807, 2.05) is 18.2 Å². The van der Waals surface area contributed by atoms with Gasteiger partial charge in [-0.05, 0) is 30.9 Å². The van der Waals surface area contributed by atoms with Gasteiger partial charge in [-0.15, -0.1) is 0 Å². The van der Waals surface area contributed by atoms with Gasteiger partial charge in [-0.2, -0.15) is 0 Å². The first kappa shape index (κ1) is 13.2. The molecule has 0 saturated carbocycles. The van der Waals surface area contributed by atoms with Gasteiger partial charge in [0.15, 0.2) is 0 Å². The van der Waals surface area contributed by atoms with Crippen molar-refractivity contribution in [1.82, 2.24) is 0 Å². The molecule has 1 aromatic carbocycles. The highest BCUT2D eigenvalue weighted by atomic mass is 16.5. The molecule has 0 fully saturated rings. The second-order valence-corrected chi connectivity index (χ2v) is 4.53. The maximum atomic E-state index is 5.90. The van der Waals surface area contributed by atoms with Gasteiger partial charge in [-0.3, -0.25) is 0 Å². The van der Waals surface area contributed by atoms with E-state index in [9.17, 15) is 0 Å². The molecule has 0 aromatic heterocycles. The molecule has 0 aliphatic rings. The Morgan fingerprint density at radius 3 is 2.38 bits per heavy atom. The molecule has 1 rings (SSSR count). The zero-order valence-electron chi connectivity index (χ0n) is 10.4. The van der Waals surface area contributed by atoms with Gasteiger partial charge in [0.25, 0.3) is 0 Å². The number of nitrogens with two attached hydrogens (primary N) is 1. The average Bonchev–Trinajstić information content (AvgIpc) is 2.29. The van der Waals surface area contributed by atoms with Crippen LogP contribution in [0.15, 0.2) is 30.3 Å². The fraction of sp³-hybridized carbons (Fsp3) is 0.571. The lowest BCUT2D eigenvalue weighted by molar-refractivity contribution is 0.0416. The van der Waals surface area contributed by atoms with E-state index in [1.165, 1.54) is 5.56 Å². The second-order valence-electron chi connectivity index (χ2n) is 4.53. The van der Waals surface area contributed by atoms with Crippen LogP contribution >= 0.6 is 0 Å². The summed E-state index contributed by atoms with van der Waals surface area (Å²) in [5.74, 6) is 0.689. The number of hydrogen-bond donors (Lipinski definition) is 1. The molecule has 16 heavy (non-hydrogen) atoms. The van der Waals surface area contributed by atoms with Crippen LogP contribution in [0.4, 0.5) is 0 Å². The minimum Gasteiger partial charge on any atom is -0.373 e. The molecule has 0 saturated heterocycles. The van der Waals surface area contributed by atoms with Gasteiger partial charge in [0.2, 0.25) is 0 Å². The predicted octanol–water partition coefficient (Wildman–Crippen LogP) is 3.14. The lowest BCUT2D eigenvalue weighted by Crippen LogP contribution is -2.12. The summed E-state index contributed by atoms with van der Waals surface area (Å²) < 4.78 is 5.90. The Kier molecular flexibility index (Phi) is 6.12. The third-order valence-electron chi connectivity index (χ3n) is 2.61. The van der Waals surface area contributed by atoms with E-state index in [0.717, 1.165) is 19.4 Å². The largest absolute Gasteiger partial charge is 0.373 e. The second kappa shape index (κ2) is 7.42. The standard InChI is InChI=1S/C14H23NO/c1-12(2)9-11-16-14(8-10-15)13-6-4-3-5-7-13/h3-7,12,14H,8-11,15H2,1-2H3. The average molecular weight is 221 g/mol. The number of benzene rings is 1. The van der Waals surface area contributed by atoms with Crippen molar-refractivity contribution in [2.24, 2.45) is 11.7 Å². The first-order valence-electron chi connectivity index (χ1n) is 6.10. The van der Waals surface area contributed by atoms with Crippen molar-refractivity contribution in [3.63, 3.8) is 0 Å². The van der Waals surface area contributed by atoms with Crippen LogP contribution in [0.5, 0.6) is 0 Å². The molecule has 2 nitrogen and oxygen atoms in total. The number of hydrogen-bond acceptors (Lipinski definition) is 2. The third-order valence-corrected chi connectivity index (χ3v) is 2.61. The smallest absolute Gasteiger partial charge is 0.0836 e. The highest BCUT2D eigenvalue weighted by molar-refractivity contribution is 5.17. The molecule has 0 bridgehead atoms. The molecule has 0 radical (unpaired) electrons. The molecular formula is C14H23NO. The Bertz CT molecular complexity index is 271. The fourth-order valence-electron chi connectivity index (χ4n) is 1.61. The number of ether oxygens (including phenoxy) is 1. The van der Waals surface area contributed by atoms with Crippen LogP contribution in [-0.2, 0) is 4.74 Å². The van der Waals surface area contributed by atoms with E-state index in [1.54, 1.807) is 0 Å². The maximum Gasteiger partial charge on any atom is 0.0836 e. The Morgan fingerprint density at radius 2 is 1.81 bits per heavy atom. The van der Waals surface area contributed by atoms with Gasteiger partial charge in [0.1, 0.15) is 0 Å². The quantitative estimate of drug-likeness (QED) is 0.767. The molecule has 0 aliphatic heterocycles. The minimum atomic E-state index is 0.157. The van der Waals surface area contributed by atoms with Gasteiger partial charge in [0, 0.05) is 6.61 Å². The van der Waals surface area contributed by atoms with Crippen molar-refractivity contribution >= 4 is 0 Å². The van der Waals surface area contributed by atoms with Crippen molar-refractivity contribution in [3.05, 3.63) is 35.9 Å². The molecule has 0 spiro atoms. The first-order valence-corrected chi connectivity index (χ1v) is 6.10. The third kappa shape index (κ3) is 4.77. The van der Waals surface area contributed by atoms with Crippen LogP contribution in [0.25, 0.3) is 0 Å². The van der Waals surface area contributed by atoms with Crippen LogP contribution in [0.1, 0.15) is 38.4 Å². The minimum absolute atomic E-state index is 0.157. The van der Waals surface area contributed by atoms with Crippen molar-refractivity contribution in [2.75, 3.05) is 13.2 Å². The lowest BCUT2D eigenvalue weighted by Gasteiger charge is -2.18. The summed E-state index contributed by atoms with van der Waals surface area (Å²) in [6.07, 6.45) is 2.15. The van der Waals surface area contributed by atoms with Crippen molar-refractivity contribution < 1.29 is 4.74 Å². The van der Waals surface area contributed by atoms with Crippen LogP contribution in [-0.4, -0.2) is 13.2 Å². The molecule has 1 atom stereocenters. The highest BCUT2D eigenvalue weighted by Gasteiger charge is 2.10. The summed E-state index contributed by atoms with van der Waals surface area (Å²) in [6.45, 7) is 5.91. The summed E-state index contributed by atoms with van der Waals surface area (Å²) in [5, 5.41) is 0. The summed E-state index contributed by atoms with van der Waals surface area (Å²) in [5.41, 5.74) is 6.85. The van der Waals surface area contributed by atoms with Crippen LogP contribution in [0, 0.1) is 5.92 Å². The van der Waals surface area contributed by atoms with E-state index < -0.39 is 0 Å². The van der Waals surface area contributed by atoms with Gasteiger partial charge >= 0.3 is 0 Å². The molecule has 1 aromatic rings. The summed E-state index contributed by atoms with van der Waals surface area (Å²) in [7, 11) is 0. The Morgan fingerprint density at radius 1 is 1.12 bits per heavy atom. The zero-order chi connectivity index (χ0) is 11.8. The normalized spacial score (nSPS) is 13.0. The Balaban J connectivity index is 2.48.